The van der Waals surface area contributed by atoms with E-state index >= 15 is 0 Å². The van der Waals surface area contributed by atoms with Crippen LogP contribution in [0.5, 0.6) is 0 Å². The summed E-state index contributed by atoms with van der Waals surface area (Å²) < 4.78 is 18.4. The molecule has 142 valence electrons. The lowest BCUT2D eigenvalue weighted by Gasteiger charge is -2.42. The molecule has 0 spiro atoms. The van der Waals surface area contributed by atoms with Gasteiger partial charge in [-0.25, -0.2) is 0 Å². The fraction of sp³-hybridized carbons (Fsp3) is 0.318. The zero-order valence-corrected chi connectivity index (χ0v) is 16.8. The highest BCUT2D eigenvalue weighted by Gasteiger charge is 2.50. The first-order valence-corrected chi connectivity index (χ1v) is 11.2. The van der Waals surface area contributed by atoms with Crippen LogP contribution in [0.25, 0.3) is 0 Å². The average Bonchev–Trinajstić information content (AvgIpc) is 2.69. The van der Waals surface area contributed by atoms with Crippen molar-refractivity contribution < 1.29 is 18.4 Å². The maximum absolute atomic E-state index is 12.1. The van der Waals surface area contributed by atoms with E-state index in [0.29, 0.717) is 13.0 Å². The van der Waals surface area contributed by atoms with E-state index in [1.807, 2.05) is 62.4 Å². The zero-order valence-electron chi connectivity index (χ0n) is 15.8. The number of allylic oxidation sites excluding steroid dienone is 1. The molecule has 0 aromatic heterocycles. The number of benzene rings is 2. The summed E-state index contributed by atoms with van der Waals surface area (Å²) in [5.74, 6) is -0.229. The van der Waals surface area contributed by atoms with Crippen LogP contribution in [0.2, 0.25) is 0 Å². The first-order valence-electron chi connectivity index (χ1n) is 9.43. The highest BCUT2D eigenvalue weighted by molar-refractivity contribution is 6.92. The number of hydrogen-bond acceptors (Lipinski definition) is 4. The Balaban J connectivity index is 2.03. The predicted molar refractivity (Wildman–Crippen MR) is 108 cm³/mol. The Hall–Kier alpha value is -2.21. The molecule has 4 nitrogen and oxygen atoms in total. The standard InChI is InChI=1S/C22H26O4Si/c1-3-11-18-16-19(17-22(23)24-4-2)26-27(25-18,20-12-7-5-8-13-20)21-14-9-6-10-15-21/h3,5-15,18-19H,4,16-17H2,1-2H3/b11-3+/t18-,19+/m0/s1. The molecule has 2 aromatic rings. The minimum atomic E-state index is -2.95. The molecule has 1 saturated heterocycles. The van der Waals surface area contributed by atoms with Crippen LogP contribution < -0.4 is 10.4 Å². The minimum Gasteiger partial charge on any atom is -0.466 e. The third-order valence-corrected chi connectivity index (χ3v) is 8.05. The van der Waals surface area contributed by atoms with Gasteiger partial charge in [-0.05, 0) is 24.2 Å². The molecule has 0 amide bonds. The van der Waals surface area contributed by atoms with Crippen LogP contribution in [-0.2, 0) is 18.4 Å². The molecule has 0 saturated carbocycles. The van der Waals surface area contributed by atoms with Crippen LogP contribution in [0, 0.1) is 0 Å². The third-order valence-electron chi connectivity index (χ3n) is 4.56. The molecule has 1 aliphatic rings. The first kappa shape index (κ1) is 19.5. The van der Waals surface area contributed by atoms with Gasteiger partial charge in [-0.15, -0.1) is 0 Å². The fourth-order valence-electron chi connectivity index (χ4n) is 3.45. The number of carbonyl (C=O) groups excluding carboxylic acids is 1. The highest BCUT2D eigenvalue weighted by Crippen LogP contribution is 2.27. The lowest BCUT2D eigenvalue weighted by atomic mass is 10.1. The molecule has 5 heteroatoms. The summed E-state index contributed by atoms with van der Waals surface area (Å²) >= 11 is 0. The van der Waals surface area contributed by atoms with E-state index in [9.17, 15) is 4.79 Å². The van der Waals surface area contributed by atoms with E-state index in [4.69, 9.17) is 13.6 Å². The number of ether oxygens (including phenoxy) is 1. The molecule has 27 heavy (non-hydrogen) atoms. The molecule has 3 rings (SSSR count). The van der Waals surface area contributed by atoms with Gasteiger partial charge in [0.1, 0.15) is 0 Å². The summed E-state index contributed by atoms with van der Waals surface area (Å²) in [6.45, 7) is 4.17. The zero-order chi connectivity index (χ0) is 19.1. The molecule has 0 N–H and O–H groups in total. The van der Waals surface area contributed by atoms with Crippen molar-refractivity contribution in [2.45, 2.75) is 38.9 Å². The monoisotopic (exact) mass is 382 g/mol. The van der Waals surface area contributed by atoms with E-state index in [1.54, 1.807) is 0 Å². The van der Waals surface area contributed by atoms with Gasteiger partial charge in [-0.1, -0.05) is 72.8 Å². The topological polar surface area (TPSA) is 44.8 Å². The van der Waals surface area contributed by atoms with E-state index in [1.165, 1.54) is 0 Å². The summed E-state index contributed by atoms with van der Waals surface area (Å²) in [4.78, 5) is 12.1. The second kappa shape index (κ2) is 9.13. The fourth-order valence-corrected chi connectivity index (χ4v) is 6.89. The Morgan fingerprint density at radius 2 is 1.67 bits per heavy atom. The normalized spacial score (nSPS) is 21.9. The largest absolute Gasteiger partial charge is 0.466 e. The molecule has 2 atom stereocenters. The lowest BCUT2D eigenvalue weighted by molar-refractivity contribution is -0.146. The van der Waals surface area contributed by atoms with Gasteiger partial charge in [0.25, 0.3) is 0 Å². The van der Waals surface area contributed by atoms with Crippen LogP contribution in [0.1, 0.15) is 26.7 Å². The van der Waals surface area contributed by atoms with Crippen molar-refractivity contribution in [1.29, 1.82) is 0 Å². The molecule has 0 bridgehead atoms. The van der Waals surface area contributed by atoms with Gasteiger partial charge in [0.2, 0.25) is 0 Å². The van der Waals surface area contributed by atoms with Crippen molar-refractivity contribution in [1.82, 2.24) is 0 Å². The second-order valence-electron chi connectivity index (χ2n) is 6.52. The summed E-state index contributed by atoms with van der Waals surface area (Å²) in [7, 11) is -2.95. The van der Waals surface area contributed by atoms with Crippen molar-refractivity contribution in [2.24, 2.45) is 0 Å². The maximum atomic E-state index is 12.1. The third kappa shape index (κ3) is 4.56. The van der Waals surface area contributed by atoms with Gasteiger partial charge < -0.3 is 13.6 Å². The Bertz CT molecular complexity index is 721. The minimum absolute atomic E-state index is 0.102. The van der Waals surface area contributed by atoms with Crippen LogP contribution in [0.15, 0.2) is 72.8 Å². The van der Waals surface area contributed by atoms with Crippen molar-refractivity contribution in [3.05, 3.63) is 72.8 Å². The predicted octanol–water partition coefficient (Wildman–Crippen LogP) is 2.95. The van der Waals surface area contributed by atoms with Crippen molar-refractivity contribution in [3.63, 3.8) is 0 Å². The Kier molecular flexibility index (Phi) is 6.61. The molecule has 1 heterocycles. The maximum Gasteiger partial charge on any atom is 0.407 e. The summed E-state index contributed by atoms with van der Waals surface area (Å²) in [5.41, 5.74) is 0. The van der Waals surface area contributed by atoms with Crippen LogP contribution in [0.3, 0.4) is 0 Å². The molecule has 2 aromatic carbocycles. The molecule has 1 aliphatic heterocycles. The van der Waals surface area contributed by atoms with Crippen molar-refractivity contribution in [2.75, 3.05) is 6.61 Å². The van der Waals surface area contributed by atoms with Crippen molar-refractivity contribution >= 4 is 24.9 Å². The van der Waals surface area contributed by atoms with Gasteiger partial charge in [0.15, 0.2) is 0 Å². The van der Waals surface area contributed by atoms with E-state index in [0.717, 1.165) is 10.4 Å². The summed E-state index contributed by atoms with van der Waals surface area (Å²) in [5, 5.41) is 2.08. The Morgan fingerprint density at radius 1 is 1.07 bits per heavy atom. The number of esters is 1. The smallest absolute Gasteiger partial charge is 0.407 e. The molecule has 1 fully saturated rings. The second-order valence-corrected chi connectivity index (χ2v) is 9.37. The van der Waals surface area contributed by atoms with E-state index in [-0.39, 0.29) is 24.6 Å². The number of rotatable bonds is 6. The Morgan fingerprint density at radius 3 is 2.19 bits per heavy atom. The highest BCUT2D eigenvalue weighted by atomic mass is 28.4. The number of hydrogen-bond donors (Lipinski definition) is 0. The first-order chi connectivity index (χ1) is 13.2. The molecule has 0 unspecified atom stereocenters. The Labute approximate surface area is 162 Å². The summed E-state index contributed by atoms with van der Waals surface area (Å²) in [6, 6.07) is 20.2. The van der Waals surface area contributed by atoms with Crippen LogP contribution >= 0.6 is 0 Å². The van der Waals surface area contributed by atoms with Crippen molar-refractivity contribution in [3.8, 4) is 0 Å². The summed E-state index contributed by atoms with van der Waals surface area (Å²) in [6.07, 6.45) is 4.57. The van der Waals surface area contributed by atoms with E-state index < -0.39 is 8.56 Å². The van der Waals surface area contributed by atoms with Gasteiger partial charge in [-0.2, -0.15) is 0 Å². The van der Waals surface area contributed by atoms with E-state index in [2.05, 4.69) is 24.3 Å². The average molecular weight is 383 g/mol. The van der Waals surface area contributed by atoms with Gasteiger partial charge in [-0.3, -0.25) is 4.79 Å². The molecule has 0 radical (unpaired) electrons. The lowest BCUT2D eigenvalue weighted by Crippen LogP contribution is -2.68. The quantitative estimate of drug-likeness (QED) is 0.438. The molecule has 0 aliphatic carbocycles. The molecular formula is C22H26O4Si. The van der Waals surface area contributed by atoms with Crippen LogP contribution in [-0.4, -0.2) is 33.3 Å². The molecular weight excluding hydrogens is 356 g/mol. The van der Waals surface area contributed by atoms with Gasteiger partial charge in [0.05, 0.1) is 25.2 Å². The SMILES string of the molecule is C/C=C/[C@H]1C[C@H](CC(=O)OCC)O[Si](c2ccccc2)(c2ccccc2)O1. The van der Waals surface area contributed by atoms with Gasteiger partial charge in [0, 0.05) is 6.42 Å². The van der Waals surface area contributed by atoms with Gasteiger partial charge >= 0.3 is 14.5 Å². The number of carbonyl (C=O) groups is 1. The van der Waals surface area contributed by atoms with Crippen LogP contribution in [0.4, 0.5) is 0 Å².